The molecule has 3 rings (SSSR count). The Hall–Kier alpha value is -2.13. The molecule has 0 saturated carbocycles. The van der Waals surface area contributed by atoms with Crippen molar-refractivity contribution in [2.75, 3.05) is 6.61 Å². The molecule has 2 aromatic rings. The minimum atomic E-state index is -0.306. The summed E-state index contributed by atoms with van der Waals surface area (Å²) in [6, 6.07) is 19.9. The van der Waals surface area contributed by atoms with E-state index in [0.717, 1.165) is 24.0 Å². The highest BCUT2D eigenvalue weighted by Crippen LogP contribution is 2.23. The molecule has 0 bridgehead atoms. The van der Waals surface area contributed by atoms with Crippen molar-refractivity contribution in [3.8, 4) is 0 Å². The third-order valence-corrected chi connectivity index (χ3v) is 3.77. The van der Waals surface area contributed by atoms with Gasteiger partial charge in [0.05, 0.1) is 6.04 Å². The zero-order valence-corrected chi connectivity index (χ0v) is 11.9. The second-order valence-corrected chi connectivity index (χ2v) is 5.26. The maximum absolute atomic E-state index is 12.4. The van der Waals surface area contributed by atoms with E-state index in [4.69, 9.17) is 4.74 Å². The third-order valence-electron chi connectivity index (χ3n) is 3.77. The molecule has 0 aromatic heterocycles. The molecule has 0 unspecified atom stereocenters. The average molecular weight is 281 g/mol. The van der Waals surface area contributed by atoms with Gasteiger partial charge < -0.3 is 10.1 Å². The molecule has 0 radical (unpaired) electrons. The molecule has 0 aliphatic carbocycles. The molecule has 1 aliphatic rings. The van der Waals surface area contributed by atoms with Crippen LogP contribution in [0.5, 0.6) is 0 Å². The van der Waals surface area contributed by atoms with Gasteiger partial charge >= 0.3 is 0 Å². The van der Waals surface area contributed by atoms with E-state index in [1.807, 2.05) is 60.7 Å². The first-order valence-electron chi connectivity index (χ1n) is 7.36. The number of ether oxygens (including phenoxy) is 1. The first-order chi connectivity index (χ1) is 10.3. The maximum Gasteiger partial charge on any atom is 0.249 e. The molecule has 1 saturated heterocycles. The monoisotopic (exact) mass is 281 g/mol. The standard InChI is InChI=1S/C18H19NO2/c20-18(16-12-7-13-21-16)19-17(14-8-3-1-4-9-14)15-10-5-2-6-11-15/h1-6,8-11,16-17H,7,12-13H2,(H,19,20)/t16-/m0/s1. The summed E-state index contributed by atoms with van der Waals surface area (Å²) >= 11 is 0. The summed E-state index contributed by atoms with van der Waals surface area (Å²) in [4.78, 5) is 12.4. The van der Waals surface area contributed by atoms with Crippen LogP contribution in [0.1, 0.15) is 30.0 Å². The van der Waals surface area contributed by atoms with Gasteiger partial charge in [-0.05, 0) is 24.0 Å². The molecule has 1 heterocycles. The minimum absolute atomic E-state index is 0.0230. The van der Waals surface area contributed by atoms with Crippen molar-refractivity contribution in [2.24, 2.45) is 0 Å². The summed E-state index contributed by atoms with van der Waals surface area (Å²) in [7, 11) is 0. The van der Waals surface area contributed by atoms with E-state index in [-0.39, 0.29) is 18.1 Å². The number of carbonyl (C=O) groups is 1. The van der Waals surface area contributed by atoms with Crippen molar-refractivity contribution in [2.45, 2.75) is 25.0 Å². The van der Waals surface area contributed by atoms with Crippen molar-refractivity contribution >= 4 is 5.91 Å². The Labute approximate surface area is 124 Å². The molecule has 1 aliphatic heterocycles. The lowest BCUT2D eigenvalue weighted by molar-refractivity contribution is -0.130. The molecule has 3 heteroatoms. The fourth-order valence-corrected chi connectivity index (χ4v) is 2.67. The first-order valence-corrected chi connectivity index (χ1v) is 7.36. The summed E-state index contributed by atoms with van der Waals surface area (Å²) in [6.45, 7) is 0.680. The SMILES string of the molecule is O=C(NC(c1ccccc1)c1ccccc1)[C@@H]1CCCO1. The van der Waals surface area contributed by atoms with Crippen LogP contribution in [-0.4, -0.2) is 18.6 Å². The van der Waals surface area contributed by atoms with Crippen LogP contribution < -0.4 is 5.32 Å². The van der Waals surface area contributed by atoms with Crippen molar-refractivity contribution in [1.82, 2.24) is 5.32 Å². The zero-order valence-electron chi connectivity index (χ0n) is 11.9. The van der Waals surface area contributed by atoms with Crippen molar-refractivity contribution in [1.29, 1.82) is 0 Å². The number of hydrogen-bond acceptors (Lipinski definition) is 2. The number of carbonyl (C=O) groups excluding carboxylic acids is 1. The molecule has 3 nitrogen and oxygen atoms in total. The topological polar surface area (TPSA) is 38.3 Å². The number of nitrogens with one attached hydrogen (secondary N) is 1. The van der Waals surface area contributed by atoms with Gasteiger partial charge in [0.1, 0.15) is 6.10 Å². The smallest absolute Gasteiger partial charge is 0.249 e. The van der Waals surface area contributed by atoms with Crippen LogP contribution in [0.3, 0.4) is 0 Å². The van der Waals surface area contributed by atoms with Gasteiger partial charge in [0.25, 0.3) is 0 Å². The van der Waals surface area contributed by atoms with Crippen molar-refractivity contribution in [3.63, 3.8) is 0 Å². The molecule has 2 aromatic carbocycles. The molecule has 0 spiro atoms. The highest BCUT2D eigenvalue weighted by atomic mass is 16.5. The van der Waals surface area contributed by atoms with Crippen LogP contribution in [0, 0.1) is 0 Å². The molecule has 1 fully saturated rings. The Bertz CT molecular complexity index is 537. The van der Waals surface area contributed by atoms with Gasteiger partial charge in [0, 0.05) is 6.61 Å². The molecule has 1 amide bonds. The van der Waals surface area contributed by atoms with E-state index < -0.39 is 0 Å². The van der Waals surface area contributed by atoms with Crippen LogP contribution in [-0.2, 0) is 9.53 Å². The number of rotatable bonds is 4. The van der Waals surface area contributed by atoms with E-state index in [9.17, 15) is 4.79 Å². The predicted octanol–water partition coefficient (Wildman–Crippen LogP) is 3.07. The van der Waals surface area contributed by atoms with Crippen LogP contribution in [0.25, 0.3) is 0 Å². The quantitative estimate of drug-likeness (QED) is 0.935. The fourth-order valence-electron chi connectivity index (χ4n) is 2.67. The van der Waals surface area contributed by atoms with Crippen LogP contribution in [0.15, 0.2) is 60.7 Å². The largest absolute Gasteiger partial charge is 0.368 e. The highest BCUT2D eigenvalue weighted by Gasteiger charge is 2.26. The minimum Gasteiger partial charge on any atom is -0.368 e. The normalized spacial score (nSPS) is 17.9. The number of hydrogen-bond donors (Lipinski definition) is 1. The molecule has 21 heavy (non-hydrogen) atoms. The molecule has 108 valence electrons. The summed E-state index contributed by atoms with van der Waals surface area (Å²) in [5.41, 5.74) is 2.16. The van der Waals surface area contributed by atoms with Crippen LogP contribution >= 0.6 is 0 Å². The summed E-state index contributed by atoms with van der Waals surface area (Å²) < 4.78 is 5.48. The average Bonchev–Trinajstić information content (AvgIpc) is 3.09. The molecular weight excluding hydrogens is 262 g/mol. The summed E-state index contributed by atoms with van der Waals surface area (Å²) in [6.07, 6.45) is 1.46. The van der Waals surface area contributed by atoms with E-state index in [1.165, 1.54) is 0 Å². The van der Waals surface area contributed by atoms with Crippen LogP contribution in [0.2, 0.25) is 0 Å². The lowest BCUT2D eigenvalue weighted by atomic mass is 9.98. The third kappa shape index (κ3) is 3.31. The Kier molecular flexibility index (Phi) is 4.31. The van der Waals surface area contributed by atoms with Gasteiger partial charge in [-0.1, -0.05) is 60.7 Å². The van der Waals surface area contributed by atoms with E-state index >= 15 is 0 Å². The fraction of sp³-hybridized carbons (Fsp3) is 0.278. The van der Waals surface area contributed by atoms with E-state index in [0.29, 0.717) is 6.61 Å². The zero-order chi connectivity index (χ0) is 14.5. The Balaban J connectivity index is 1.84. The lowest BCUT2D eigenvalue weighted by Gasteiger charge is -2.21. The number of benzene rings is 2. The second-order valence-electron chi connectivity index (χ2n) is 5.26. The van der Waals surface area contributed by atoms with Gasteiger partial charge in [-0.3, -0.25) is 4.79 Å². The van der Waals surface area contributed by atoms with Gasteiger partial charge in [0.15, 0.2) is 0 Å². The van der Waals surface area contributed by atoms with Crippen molar-refractivity contribution < 1.29 is 9.53 Å². The summed E-state index contributed by atoms with van der Waals surface area (Å²) in [5, 5.41) is 3.13. The Morgan fingerprint density at radius 1 is 1.00 bits per heavy atom. The Morgan fingerprint density at radius 2 is 1.57 bits per heavy atom. The van der Waals surface area contributed by atoms with Gasteiger partial charge in [-0.2, -0.15) is 0 Å². The van der Waals surface area contributed by atoms with Crippen molar-refractivity contribution in [3.05, 3.63) is 71.8 Å². The number of amides is 1. The first kappa shape index (κ1) is 13.8. The second kappa shape index (κ2) is 6.55. The lowest BCUT2D eigenvalue weighted by Crippen LogP contribution is -2.37. The molecule has 1 N–H and O–H groups in total. The predicted molar refractivity (Wildman–Crippen MR) is 81.8 cm³/mol. The maximum atomic E-state index is 12.4. The molecule has 1 atom stereocenters. The van der Waals surface area contributed by atoms with E-state index in [1.54, 1.807) is 0 Å². The Morgan fingerprint density at radius 3 is 2.05 bits per heavy atom. The molecular formula is C18H19NO2. The van der Waals surface area contributed by atoms with E-state index in [2.05, 4.69) is 5.32 Å². The summed E-state index contributed by atoms with van der Waals surface area (Å²) in [5.74, 6) is -0.0230. The van der Waals surface area contributed by atoms with Gasteiger partial charge in [-0.25, -0.2) is 0 Å². The highest BCUT2D eigenvalue weighted by molar-refractivity contribution is 5.81. The van der Waals surface area contributed by atoms with Gasteiger partial charge in [-0.15, -0.1) is 0 Å². The van der Waals surface area contributed by atoms with Crippen LogP contribution in [0.4, 0.5) is 0 Å². The van der Waals surface area contributed by atoms with Gasteiger partial charge in [0.2, 0.25) is 5.91 Å².